The third kappa shape index (κ3) is 3.03. The smallest absolute Gasteiger partial charge is 0.341 e. The van der Waals surface area contributed by atoms with Crippen molar-refractivity contribution in [2.24, 2.45) is 0 Å². The molecule has 2 aromatic carbocycles. The molecule has 3 rings (SSSR count). The topological polar surface area (TPSA) is 60.4 Å². The molecule has 0 N–H and O–H groups in total. The summed E-state index contributed by atoms with van der Waals surface area (Å²) in [5.74, 6) is -4.11. The molecular formula is C17H14F2O4S. The number of carbonyl (C=O) groups is 1. The van der Waals surface area contributed by atoms with E-state index in [0.29, 0.717) is 6.42 Å². The average Bonchev–Trinajstić information content (AvgIpc) is 2.98. The molecule has 0 aromatic heterocycles. The zero-order valence-corrected chi connectivity index (χ0v) is 13.3. The van der Waals surface area contributed by atoms with Crippen LogP contribution in [0, 0.1) is 0 Å². The van der Waals surface area contributed by atoms with Crippen LogP contribution in [0.3, 0.4) is 0 Å². The molecule has 7 heteroatoms. The fraction of sp³-hybridized carbons (Fsp3) is 0.235. The van der Waals surface area contributed by atoms with Gasteiger partial charge in [-0.15, -0.1) is 0 Å². The highest BCUT2D eigenvalue weighted by Crippen LogP contribution is 2.34. The number of hydrogen-bond donors (Lipinski definition) is 0. The lowest BCUT2D eigenvalue weighted by Crippen LogP contribution is -2.13. The minimum absolute atomic E-state index is 0.118. The maximum atomic E-state index is 12.5. The summed E-state index contributed by atoms with van der Waals surface area (Å²) < 4.78 is 53.2. The SMILES string of the molecule is O=C(O[C@@H]1CCc2ccccc21)c1ccc(S(=O)(=O)C(F)F)cc1. The fourth-order valence-electron chi connectivity index (χ4n) is 2.72. The van der Waals surface area contributed by atoms with E-state index in [0.717, 1.165) is 29.7 Å². The zero-order valence-electron chi connectivity index (χ0n) is 12.5. The molecule has 0 fully saturated rings. The largest absolute Gasteiger partial charge is 0.454 e. The van der Waals surface area contributed by atoms with Crippen molar-refractivity contribution in [3.05, 3.63) is 65.2 Å². The molecule has 0 saturated heterocycles. The van der Waals surface area contributed by atoms with Gasteiger partial charge in [0.05, 0.1) is 10.5 Å². The number of sulfone groups is 1. The Labute approximate surface area is 138 Å². The molecule has 1 aliphatic carbocycles. The van der Waals surface area contributed by atoms with Crippen molar-refractivity contribution in [3.63, 3.8) is 0 Å². The monoisotopic (exact) mass is 352 g/mol. The van der Waals surface area contributed by atoms with Gasteiger partial charge in [-0.1, -0.05) is 24.3 Å². The van der Waals surface area contributed by atoms with Gasteiger partial charge in [0.25, 0.3) is 0 Å². The normalized spacial score (nSPS) is 16.9. The van der Waals surface area contributed by atoms with Crippen LogP contribution in [0.2, 0.25) is 0 Å². The third-order valence-electron chi connectivity index (χ3n) is 3.98. The number of carbonyl (C=O) groups excluding carboxylic acids is 1. The number of fused-ring (bicyclic) bond motifs is 1. The average molecular weight is 352 g/mol. The predicted octanol–water partition coefficient (Wildman–Crippen LogP) is 3.53. The van der Waals surface area contributed by atoms with Crippen molar-refractivity contribution in [3.8, 4) is 0 Å². The summed E-state index contributed by atoms with van der Waals surface area (Å²) in [6.45, 7) is 0. The van der Waals surface area contributed by atoms with Gasteiger partial charge in [-0.05, 0) is 48.2 Å². The number of ether oxygens (including phenoxy) is 1. The molecule has 0 unspecified atom stereocenters. The highest BCUT2D eigenvalue weighted by Gasteiger charge is 2.28. The van der Waals surface area contributed by atoms with Crippen LogP contribution < -0.4 is 0 Å². The first-order valence-electron chi connectivity index (χ1n) is 7.30. The van der Waals surface area contributed by atoms with E-state index in [1.54, 1.807) is 0 Å². The second-order valence-electron chi connectivity index (χ2n) is 5.46. The summed E-state index contributed by atoms with van der Waals surface area (Å²) in [4.78, 5) is 11.7. The number of benzene rings is 2. The first kappa shape index (κ1) is 16.6. The van der Waals surface area contributed by atoms with Gasteiger partial charge >= 0.3 is 11.7 Å². The summed E-state index contributed by atoms with van der Waals surface area (Å²) in [6.07, 6.45) is 1.15. The number of esters is 1. The Morgan fingerprint density at radius 3 is 2.42 bits per heavy atom. The van der Waals surface area contributed by atoms with Crippen LogP contribution in [0.1, 0.15) is 34.0 Å². The number of halogens is 2. The minimum Gasteiger partial charge on any atom is -0.454 e. The second-order valence-corrected chi connectivity index (χ2v) is 7.38. The van der Waals surface area contributed by atoms with Crippen LogP contribution >= 0.6 is 0 Å². The van der Waals surface area contributed by atoms with Crippen molar-refractivity contribution in [1.82, 2.24) is 0 Å². The maximum absolute atomic E-state index is 12.5. The summed E-state index contributed by atoms with van der Waals surface area (Å²) in [6, 6.07) is 12.0. The van der Waals surface area contributed by atoms with Gasteiger partial charge in [0, 0.05) is 0 Å². The minimum atomic E-state index is -4.67. The van der Waals surface area contributed by atoms with Crippen LogP contribution in [-0.2, 0) is 21.0 Å². The first-order valence-corrected chi connectivity index (χ1v) is 8.85. The van der Waals surface area contributed by atoms with E-state index in [9.17, 15) is 22.0 Å². The number of rotatable bonds is 4. The second kappa shape index (κ2) is 6.32. The maximum Gasteiger partial charge on any atom is 0.341 e. The van der Waals surface area contributed by atoms with Crippen molar-refractivity contribution in [2.45, 2.75) is 29.6 Å². The first-order chi connectivity index (χ1) is 11.4. The van der Waals surface area contributed by atoms with Gasteiger partial charge in [-0.2, -0.15) is 8.78 Å². The Kier molecular flexibility index (Phi) is 4.36. The molecule has 0 spiro atoms. The molecule has 0 bridgehead atoms. The highest BCUT2D eigenvalue weighted by molar-refractivity contribution is 7.91. The lowest BCUT2D eigenvalue weighted by molar-refractivity contribution is 0.0301. The van der Waals surface area contributed by atoms with Gasteiger partial charge in [-0.25, -0.2) is 13.2 Å². The summed E-state index contributed by atoms with van der Waals surface area (Å²) in [7, 11) is -4.67. The molecule has 2 aromatic rings. The summed E-state index contributed by atoms with van der Waals surface area (Å²) in [5, 5.41) is 0. The predicted molar refractivity (Wildman–Crippen MR) is 82.6 cm³/mol. The van der Waals surface area contributed by atoms with Crippen LogP contribution in [0.5, 0.6) is 0 Å². The van der Waals surface area contributed by atoms with E-state index >= 15 is 0 Å². The molecule has 0 radical (unpaired) electrons. The molecule has 1 atom stereocenters. The molecule has 24 heavy (non-hydrogen) atoms. The van der Waals surface area contributed by atoms with Crippen LogP contribution in [-0.4, -0.2) is 20.1 Å². The molecule has 0 heterocycles. The molecule has 4 nitrogen and oxygen atoms in total. The van der Waals surface area contributed by atoms with E-state index in [4.69, 9.17) is 4.74 Å². The van der Waals surface area contributed by atoms with E-state index in [1.165, 1.54) is 12.1 Å². The Bertz CT molecular complexity index is 860. The molecular weight excluding hydrogens is 338 g/mol. The highest BCUT2D eigenvalue weighted by atomic mass is 32.2. The van der Waals surface area contributed by atoms with Crippen molar-refractivity contribution in [2.75, 3.05) is 0 Å². The van der Waals surface area contributed by atoms with Gasteiger partial charge in [0.1, 0.15) is 6.10 Å². The quantitative estimate of drug-likeness (QED) is 0.790. The van der Waals surface area contributed by atoms with Crippen molar-refractivity contribution in [1.29, 1.82) is 0 Å². The Hall–Kier alpha value is -2.28. The fourth-order valence-corrected chi connectivity index (χ4v) is 3.44. The summed E-state index contributed by atoms with van der Waals surface area (Å²) in [5.41, 5.74) is 2.21. The Morgan fingerprint density at radius 2 is 1.75 bits per heavy atom. The van der Waals surface area contributed by atoms with Crippen LogP contribution in [0.4, 0.5) is 8.78 Å². The van der Waals surface area contributed by atoms with Gasteiger partial charge in [0.15, 0.2) is 0 Å². The molecule has 0 amide bonds. The molecule has 0 saturated carbocycles. The summed E-state index contributed by atoms with van der Waals surface area (Å²) >= 11 is 0. The number of hydrogen-bond acceptors (Lipinski definition) is 4. The van der Waals surface area contributed by atoms with Crippen LogP contribution in [0.15, 0.2) is 53.4 Å². The lowest BCUT2D eigenvalue weighted by Gasteiger charge is -2.13. The van der Waals surface area contributed by atoms with E-state index in [-0.39, 0.29) is 11.7 Å². The van der Waals surface area contributed by atoms with Gasteiger partial charge in [-0.3, -0.25) is 0 Å². The van der Waals surface area contributed by atoms with Gasteiger partial charge < -0.3 is 4.74 Å². The van der Waals surface area contributed by atoms with E-state index in [2.05, 4.69) is 0 Å². The molecule has 0 aliphatic heterocycles. The van der Waals surface area contributed by atoms with E-state index < -0.39 is 26.5 Å². The number of aryl methyl sites for hydroxylation is 1. The third-order valence-corrected chi connectivity index (χ3v) is 5.38. The standard InChI is InChI=1S/C17H14F2O4S/c18-17(19)24(21,22)13-8-5-12(6-9-13)16(20)23-15-10-7-11-3-1-2-4-14(11)15/h1-6,8-9,15,17H,7,10H2/t15-/m1/s1. The van der Waals surface area contributed by atoms with Gasteiger partial charge in [0.2, 0.25) is 9.84 Å². The van der Waals surface area contributed by atoms with E-state index in [1.807, 2.05) is 24.3 Å². The number of alkyl halides is 2. The van der Waals surface area contributed by atoms with Crippen LogP contribution in [0.25, 0.3) is 0 Å². The molecule has 126 valence electrons. The van der Waals surface area contributed by atoms with Crippen molar-refractivity contribution >= 4 is 15.8 Å². The lowest BCUT2D eigenvalue weighted by atomic mass is 10.1. The zero-order chi connectivity index (χ0) is 17.3. The Balaban J connectivity index is 1.75. The Morgan fingerprint density at radius 1 is 1.08 bits per heavy atom. The molecule has 1 aliphatic rings. The van der Waals surface area contributed by atoms with Crippen molar-refractivity contribution < 1.29 is 26.7 Å².